The first-order valence-corrected chi connectivity index (χ1v) is 10.3. The number of rotatable bonds is 5. The zero-order valence-corrected chi connectivity index (χ0v) is 17.1. The van der Waals surface area contributed by atoms with E-state index >= 15 is 0 Å². The van der Waals surface area contributed by atoms with E-state index in [0.717, 1.165) is 6.42 Å². The minimum Gasteiger partial charge on any atom is -0.339 e. The number of aromatic amines is 1. The predicted octanol–water partition coefficient (Wildman–Crippen LogP) is 3.09. The van der Waals surface area contributed by atoms with Crippen LogP contribution >= 0.6 is 0 Å². The number of aromatic nitrogens is 2. The normalized spacial score (nSPS) is 14.0. The molecule has 0 radical (unpaired) electrons. The predicted molar refractivity (Wildman–Crippen MR) is 118 cm³/mol. The third kappa shape index (κ3) is 4.13. The van der Waals surface area contributed by atoms with Gasteiger partial charge in [-0.15, -0.1) is 0 Å². The van der Waals surface area contributed by atoms with Gasteiger partial charge in [0, 0.05) is 26.1 Å². The molecule has 0 aliphatic carbocycles. The van der Waals surface area contributed by atoms with Crippen molar-refractivity contribution in [2.24, 2.45) is 0 Å². The second-order valence-electron chi connectivity index (χ2n) is 7.72. The first kappa shape index (κ1) is 19.9. The van der Waals surface area contributed by atoms with Crippen molar-refractivity contribution in [3.63, 3.8) is 0 Å². The third-order valence-corrected chi connectivity index (χ3v) is 5.66. The van der Waals surface area contributed by atoms with Crippen molar-refractivity contribution in [1.29, 1.82) is 0 Å². The van der Waals surface area contributed by atoms with E-state index in [4.69, 9.17) is 0 Å². The number of H-pyrrole nitrogens is 1. The first-order valence-electron chi connectivity index (χ1n) is 10.3. The number of fused-ring (bicyclic) bond motifs is 1. The summed E-state index contributed by atoms with van der Waals surface area (Å²) in [7, 11) is 0. The Morgan fingerprint density at radius 3 is 2.57 bits per heavy atom. The molecule has 0 unspecified atom stereocenters. The summed E-state index contributed by atoms with van der Waals surface area (Å²) in [6, 6.07) is 15.5. The lowest BCUT2D eigenvalue weighted by Gasteiger charge is -2.27. The van der Waals surface area contributed by atoms with Crippen LogP contribution in [-0.4, -0.2) is 33.4 Å². The molecular weight excluding hydrogens is 378 g/mol. The van der Waals surface area contributed by atoms with Gasteiger partial charge in [0.15, 0.2) is 0 Å². The number of nitrogens with one attached hydrogen (secondary N) is 1. The molecule has 2 heterocycles. The quantitative estimate of drug-likeness (QED) is 0.711. The van der Waals surface area contributed by atoms with E-state index < -0.39 is 5.69 Å². The fourth-order valence-corrected chi connectivity index (χ4v) is 3.94. The Kier molecular flexibility index (Phi) is 5.65. The van der Waals surface area contributed by atoms with Crippen LogP contribution in [0.2, 0.25) is 0 Å². The van der Waals surface area contributed by atoms with Crippen LogP contribution in [0.4, 0.5) is 0 Å². The van der Waals surface area contributed by atoms with Gasteiger partial charge >= 0.3 is 5.69 Å². The second-order valence-corrected chi connectivity index (χ2v) is 7.72. The molecule has 1 aliphatic heterocycles. The molecule has 0 saturated heterocycles. The summed E-state index contributed by atoms with van der Waals surface area (Å²) < 4.78 is 1.54. The van der Waals surface area contributed by atoms with Crippen LogP contribution in [-0.2, 0) is 11.3 Å². The molecule has 3 aromatic rings. The number of carbonyl (C=O) groups excluding carboxylic acids is 1. The number of aryl methyl sites for hydroxylation is 2. The highest BCUT2D eigenvalue weighted by molar-refractivity contribution is 5.79. The summed E-state index contributed by atoms with van der Waals surface area (Å²) in [6.07, 6.45) is 3.89. The Hall–Kier alpha value is -3.41. The van der Waals surface area contributed by atoms with Gasteiger partial charge in [-0.1, -0.05) is 48.0 Å². The Bertz CT molecular complexity index is 1220. The molecule has 1 aromatic heterocycles. The third-order valence-electron chi connectivity index (χ3n) is 5.66. The monoisotopic (exact) mass is 403 g/mol. The van der Waals surface area contributed by atoms with Crippen molar-refractivity contribution in [2.45, 2.75) is 32.7 Å². The molecule has 4 rings (SSSR count). The van der Waals surface area contributed by atoms with Crippen LogP contribution in [0.25, 0.3) is 16.5 Å². The number of benzene rings is 2. The lowest BCUT2D eigenvalue weighted by Crippen LogP contribution is -2.35. The van der Waals surface area contributed by atoms with Gasteiger partial charge in [0.25, 0.3) is 5.56 Å². The maximum atomic E-state index is 12.6. The molecule has 30 heavy (non-hydrogen) atoms. The average molecular weight is 403 g/mol. The maximum absolute atomic E-state index is 12.6. The maximum Gasteiger partial charge on any atom is 0.328 e. The van der Waals surface area contributed by atoms with Gasteiger partial charge in [-0.2, -0.15) is 0 Å². The van der Waals surface area contributed by atoms with Gasteiger partial charge < -0.3 is 4.90 Å². The molecule has 0 bridgehead atoms. The van der Waals surface area contributed by atoms with Gasteiger partial charge in [0.05, 0.1) is 10.9 Å². The summed E-state index contributed by atoms with van der Waals surface area (Å²) in [6.45, 7) is 3.78. The minimum atomic E-state index is -0.435. The topological polar surface area (TPSA) is 75.2 Å². The summed E-state index contributed by atoms with van der Waals surface area (Å²) in [5.41, 5.74) is 3.52. The molecule has 0 spiro atoms. The summed E-state index contributed by atoms with van der Waals surface area (Å²) in [4.78, 5) is 41.0. The van der Waals surface area contributed by atoms with Crippen molar-refractivity contribution in [1.82, 2.24) is 14.5 Å². The molecule has 6 nitrogen and oxygen atoms in total. The van der Waals surface area contributed by atoms with Gasteiger partial charge in [-0.05, 0) is 43.0 Å². The largest absolute Gasteiger partial charge is 0.339 e. The van der Waals surface area contributed by atoms with E-state index in [-0.39, 0.29) is 11.5 Å². The first-order chi connectivity index (χ1) is 14.5. The molecule has 1 aliphatic rings. The smallest absolute Gasteiger partial charge is 0.328 e. The van der Waals surface area contributed by atoms with Crippen molar-refractivity contribution >= 4 is 22.4 Å². The fourth-order valence-electron chi connectivity index (χ4n) is 3.94. The lowest BCUT2D eigenvalue weighted by molar-refractivity contribution is -0.130. The van der Waals surface area contributed by atoms with Crippen LogP contribution in [0.5, 0.6) is 0 Å². The zero-order valence-electron chi connectivity index (χ0n) is 17.1. The number of para-hydroxylation sites is 1. The number of amides is 1. The highest BCUT2D eigenvalue weighted by Gasteiger charge is 2.18. The molecule has 0 atom stereocenters. The fraction of sp³-hybridized carbons (Fsp3) is 0.292. The van der Waals surface area contributed by atoms with Gasteiger partial charge in [0.2, 0.25) is 5.91 Å². The molecule has 154 valence electrons. The van der Waals surface area contributed by atoms with Gasteiger partial charge in [0.1, 0.15) is 0 Å². The molecule has 6 heteroatoms. The van der Waals surface area contributed by atoms with Crippen molar-refractivity contribution in [3.05, 3.63) is 86.6 Å². The Morgan fingerprint density at radius 2 is 1.83 bits per heavy atom. The van der Waals surface area contributed by atoms with E-state index in [1.165, 1.54) is 21.3 Å². The van der Waals surface area contributed by atoms with Gasteiger partial charge in [-0.25, -0.2) is 4.79 Å². The number of carbonyl (C=O) groups is 1. The van der Waals surface area contributed by atoms with E-state index in [9.17, 15) is 14.4 Å². The molecule has 1 N–H and O–H groups in total. The van der Waals surface area contributed by atoms with Crippen LogP contribution in [0.1, 0.15) is 30.4 Å². The Balaban J connectivity index is 1.37. The summed E-state index contributed by atoms with van der Waals surface area (Å²) in [5, 5.41) is 0.480. The molecule has 0 saturated carbocycles. The standard InChI is InChI=1S/C24H25N3O3/c1-17-8-10-18(11-9-17)19-12-15-26(16-13-19)22(28)7-4-14-27-21-6-3-2-5-20(21)23(29)25-24(27)30/h2-3,5-6,8-12H,4,7,13-16H2,1H3,(H,25,29,30). The minimum absolute atomic E-state index is 0.0935. The Morgan fingerprint density at radius 1 is 1.07 bits per heavy atom. The van der Waals surface area contributed by atoms with Crippen molar-refractivity contribution in [2.75, 3.05) is 13.1 Å². The van der Waals surface area contributed by atoms with Crippen LogP contribution in [0, 0.1) is 6.92 Å². The van der Waals surface area contributed by atoms with Crippen LogP contribution < -0.4 is 11.2 Å². The van der Waals surface area contributed by atoms with Crippen LogP contribution in [0.3, 0.4) is 0 Å². The van der Waals surface area contributed by atoms with E-state index in [0.29, 0.717) is 43.4 Å². The lowest BCUT2D eigenvalue weighted by atomic mass is 9.98. The number of hydrogen-bond donors (Lipinski definition) is 1. The van der Waals surface area contributed by atoms with Crippen molar-refractivity contribution < 1.29 is 4.79 Å². The summed E-state index contributed by atoms with van der Waals surface area (Å²) in [5.74, 6) is 0.0935. The molecular formula is C24H25N3O3. The highest BCUT2D eigenvalue weighted by atomic mass is 16.2. The summed E-state index contributed by atoms with van der Waals surface area (Å²) >= 11 is 0. The van der Waals surface area contributed by atoms with Gasteiger partial charge in [-0.3, -0.25) is 19.1 Å². The zero-order chi connectivity index (χ0) is 21.1. The average Bonchev–Trinajstić information content (AvgIpc) is 2.76. The van der Waals surface area contributed by atoms with Crippen LogP contribution in [0.15, 0.2) is 64.2 Å². The SMILES string of the molecule is Cc1ccc(C2=CCN(C(=O)CCCn3c(=O)[nH]c(=O)c4ccccc43)CC2)cc1. The van der Waals surface area contributed by atoms with E-state index in [2.05, 4.69) is 42.2 Å². The molecule has 1 amide bonds. The molecule has 0 fully saturated rings. The van der Waals surface area contributed by atoms with E-state index in [1.807, 2.05) is 4.90 Å². The Labute approximate surface area is 174 Å². The number of nitrogens with zero attached hydrogens (tertiary/aromatic N) is 2. The second kappa shape index (κ2) is 8.53. The highest BCUT2D eigenvalue weighted by Crippen LogP contribution is 2.23. The van der Waals surface area contributed by atoms with E-state index in [1.54, 1.807) is 24.3 Å². The molecule has 2 aromatic carbocycles. The number of hydrogen-bond acceptors (Lipinski definition) is 3. The van der Waals surface area contributed by atoms with Crippen molar-refractivity contribution in [3.8, 4) is 0 Å².